The van der Waals surface area contributed by atoms with Crippen LogP contribution in [-0.2, 0) is 0 Å². The maximum Gasteiger partial charge on any atom is 0.216 e. The SMILES string of the molecule is COc1cc(C(C)C(C)C)cc(F)n1. The van der Waals surface area contributed by atoms with Gasteiger partial charge in [0.25, 0.3) is 0 Å². The third-order valence-corrected chi connectivity index (χ3v) is 2.53. The molecule has 1 aromatic heterocycles. The Kier molecular flexibility index (Phi) is 3.44. The molecule has 0 aliphatic heterocycles. The number of ether oxygens (including phenoxy) is 1. The Balaban J connectivity index is 3.02. The summed E-state index contributed by atoms with van der Waals surface area (Å²) < 4.78 is 18.0. The molecule has 0 radical (unpaired) electrons. The van der Waals surface area contributed by atoms with Gasteiger partial charge in [0.15, 0.2) is 0 Å². The molecular formula is C11H16FNO. The first kappa shape index (κ1) is 11.0. The Morgan fingerprint density at radius 2 is 1.93 bits per heavy atom. The Labute approximate surface area is 84.1 Å². The van der Waals surface area contributed by atoms with Crippen LogP contribution in [0, 0.1) is 11.9 Å². The van der Waals surface area contributed by atoms with Gasteiger partial charge in [0.05, 0.1) is 7.11 Å². The van der Waals surface area contributed by atoms with Gasteiger partial charge >= 0.3 is 0 Å². The maximum atomic E-state index is 13.0. The predicted octanol–water partition coefficient (Wildman–Crippen LogP) is 2.99. The topological polar surface area (TPSA) is 22.1 Å². The molecule has 1 unspecified atom stereocenters. The smallest absolute Gasteiger partial charge is 0.216 e. The van der Waals surface area contributed by atoms with Crippen LogP contribution in [0.4, 0.5) is 4.39 Å². The van der Waals surface area contributed by atoms with E-state index in [2.05, 4.69) is 25.8 Å². The van der Waals surface area contributed by atoms with Gasteiger partial charge < -0.3 is 4.74 Å². The monoisotopic (exact) mass is 197 g/mol. The van der Waals surface area contributed by atoms with Gasteiger partial charge in [-0.05, 0) is 23.5 Å². The van der Waals surface area contributed by atoms with Crippen LogP contribution in [0.15, 0.2) is 12.1 Å². The van der Waals surface area contributed by atoms with E-state index < -0.39 is 5.95 Å². The van der Waals surface area contributed by atoms with Gasteiger partial charge in [-0.15, -0.1) is 0 Å². The first-order chi connectivity index (χ1) is 6.54. The second-order valence-electron chi connectivity index (χ2n) is 3.80. The minimum Gasteiger partial charge on any atom is -0.481 e. The van der Waals surface area contributed by atoms with E-state index in [4.69, 9.17) is 4.74 Å². The van der Waals surface area contributed by atoms with Gasteiger partial charge in [0.1, 0.15) is 0 Å². The van der Waals surface area contributed by atoms with Crippen LogP contribution < -0.4 is 4.74 Å². The van der Waals surface area contributed by atoms with Crippen LogP contribution in [0.25, 0.3) is 0 Å². The van der Waals surface area contributed by atoms with Gasteiger partial charge in [-0.3, -0.25) is 0 Å². The molecule has 14 heavy (non-hydrogen) atoms. The number of aromatic nitrogens is 1. The van der Waals surface area contributed by atoms with Crippen LogP contribution >= 0.6 is 0 Å². The number of hydrogen-bond donors (Lipinski definition) is 0. The van der Waals surface area contributed by atoms with Crippen molar-refractivity contribution in [3.05, 3.63) is 23.6 Å². The van der Waals surface area contributed by atoms with Crippen molar-refractivity contribution in [2.45, 2.75) is 26.7 Å². The number of rotatable bonds is 3. The van der Waals surface area contributed by atoms with Crippen molar-refractivity contribution in [2.24, 2.45) is 5.92 Å². The molecule has 0 bridgehead atoms. The molecule has 0 aromatic carbocycles. The van der Waals surface area contributed by atoms with E-state index in [1.807, 2.05) is 0 Å². The van der Waals surface area contributed by atoms with Gasteiger partial charge in [0.2, 0.25) is 11.8 Å². The summed E-state index contributed by atoms with van der Waals surface area (Å²) in [5.74, 6) is 0.641. The van der Waals surface area contributed by atoms with E-state index in [-0.39, 0.29) is 0 Å². The second-order valence-corrected chi connectivity index (χ2v) is 3.80. The Morgan fingerprint density at radius 3 is 2.43 bits per heavy atom. The van der Waals surface area contributed by atoms with Crippen molar-refractivity contribution in [1.29, 1.82) is 0 Å². The van der Waals surface area contributed by atoms with E-state index in [0.717, 1.165) is 5.56 Å². The van der Waals surface area contributed by atoms with Crippen molar-refractivity contribution in [1.82, 2.24) is 4.98 Å². The molecule has 1 atom stereocenters. The molecule has 0 saturated heterocycles. The van der Waals surface area contributed by atoms with Crippen molar-refractivity contribution in [3.8, 4) is 5.88 Å². The summed E-state index contributed by atoms with van der Waals surface area (Å²) in [7, 11) is 1.49. The number of hydrogen-bond acceptors (Lipinski definition) is 2. The van der Waals surface area contributed by atoms with Gasteiger partial charge in [0, 0.05) is 6.07 Å². The fourth-order valence-corrected chi connectivity index (χ4v) is 1.24. The highest BCUT2D eigenvalue weighted by Crippen LogP contribution is 2.26. The summed E-state index contributed by atoms with van der Waals surface area (Å²) >= 11 is 0. The van der Waals surface area contributed by atoms with E-state index in [9.17, 15) is 4.39 Å². The Hall–Kier alpha value is -1.12. The summed E-state index contributed by atoms with van der Waals surface area (Å²) in [5.41, 5.74) is 0.935. The molecule has 2 nitrogen and oxygen atoms in total. The molecule has 0 fully saturated rings. The summed E-state index contributed by atoms with van der Waals surface area (Å²) in [4.78, 5) is 3.61. The largest absolute Gasteiger partial charge is 0.481 e. The van der Waals surface area contributed by atoms with Crippen LogP contribution in [0.3, 0.4) is 0 Å². The average molecular weight is 197 g/mol. The zero-order valence-electron chi connectivity index (χ0n) is 9.04. The summed E-state index contributed by atoms with van der Waals surface area (Å²) in [6.07, 6.45) is 0. The summed E-state index contributed by atoms with van der Waals surface area (Å²) in [6.45, 7) is 6.28. The van der Waals surface area contributed by atoms with Gasteiger partial charge in [-0.1, -0.05) is 20.8 Å². The van der Waals surface area contributed by atoms with Gasteiger partial charge in [-0.2, -0.15) is 9.37 Å². The maximum absolute atomic E-state index is 13.0. The third kappa shape index (κ3) is 2.44. The number of halogens is 1. The third-order valence-electron chi connectivity index (χ3n) is 2.53. The summed E-state index contributed by atoms with van der Waals surface area (Å²) in [5, 5.41) is 0. The Morgan fingerprint density at radius 1 is 1.29 bits per heavy atom. The van der Waals surface area contributed by atoms with E-state index in [1.54, 1.807) is 6.07 Å². The van der Waals surface area contributed by atoms with Crippen molar-refractivity contribution in [3.63, 3.8) is 0 Å². The van der Waals surface area contributed by atoms with Crippen molar-refractivity contribution < 1.29 is 9.13 Å². The van der Waals surface area contributed by atoms with Crippen LogP contribution in [0.1, 0.15) is 32.3 Å². The lowest BCUT2D eigenvalue weighted by molar-refractivity contribution is 0.384. The number of methoxy groups -OCH3 is 1. The second kappa shape index (κ2) is 4.40. The van der Waals surface area contributed by atoms with E-state index >= 15 is 0 Å². The number of nitrogens with zero attached hydrogens (tertiary/aromatic N) is 1. The van der Waals surface area contributed by atoms with Crippen LogP contribution in [-0.4, -0.2) is 12.1 Å². The Bertz CT molecular complexity index is 312. The summed E-state index contributed by atoms with van der Waals surface area (Å²) in [6, 6.07) is 3.25. The van der Waals surface area contributed by atoms with Crippen LogP contribution in [0.5, 0.6) is 5.88 Å². The highest BCUT2D eigenvalue weighted by atomic mass is 19.1. The van der Waals surface area contributed by atoms with Crippen LogP contribution in [0.2, 0.25) is 0 Å². The molecule has 0 aliphatic carbocycles. The molecule has 0 aliphatic rings. The molecule has 0 spiro atoms. The first-order valence-electron chi connectivity index (χ1n) is 4.76. The first-order valence-corrected chi connectivity index (χ1v) is 4.76. The molecule has 1 rings (SSSR count). The molecule has 0 saturated carbocycles. The zero-order valence-corrected chi connectivity index (χ0v) is 9.04. The van der Waals surface area contributed by atoms with Crippen molar-refractivity contribution >= 4 is 0 Å². The van der Waals surface area contributed by atoms with E-state index in [1.165, 1.54) is 13.2 Å². The lowest BCUT2D eigenvalue weighted by Gasteiger charge is -2.16. The molecule has 0 amide bonds. The molecule has 0 N–H and O–H groups in total. The minimum absolute atomic E-state index is 0.307. The predicted molar refractivity (Wildman–Crippen MR) is 54.0 cm³/mol. The highest BCUT2D eigenvalue weighted by Gasteiger charge is 2.12. The minimum atomic E-state index is -0.480. The molecule has 1 aromatic rings. The average Bonchev–Trinajstić information content (AvgIpc) is 2.15. The van der Waals surface area contributed by atoms with Crippen molar-refractivity contribution in [2.75, 3.05) is 7.11 Å². The quantitative estimate of drug-likeness (QED) is 0.695. The molecule has 78 valence electrons. The zero-order chi connectivity index (χ0) is 10.7. The fraction of sp³-hybridized carbons (Fsp3) is 0.545. The van der Waals surface area contributed by atoms with Gasteiger partial charge in [-0.25, -0.2) is 0 Å². The molecule has 3 heteroatoms. The standard InChI is InChI=1S/C11H16FNO/c1-7(2)8(3)9-5-10(12)13-11(6-9)14-4/h5-8H,1-4H3. The normalized spacial score (nSPS) is 13.0. The fourth-order valence-electron chi connectivity index (χ4n) is 1.24. The number of pyridine rings is 1. The highest BCUT2D eigenvalue weighted by molar-refractivity contribution is 5.24. The molecular weight excluding hydrogens is 181 g/mol. The molecule has 1 heterocycles. The van der Waals surface area contributed by atoms with E-state index in [0.29, 0.717) is 17.7 Å². The lowest BCUT2D eigenvalue weighted by Crippen LogP contribution is -2.04. The lowest BCUT2D eigenvalue weighted by atomic mass is 9.91.